The smallest absolute Gasteiger partial charge is 0.243 e. The summed E-state index contributed by atoms with van der Waals surface area (Å²) in [5.41, 5.74) is 2.00. The molecule has 0 aliphatic rings. The number of hydrogen-bond donors (Lipinski definition) is 0. The van der Waals surface area contributed by atoms with Crippen molar-refractivity contribution in [2.45, 2.75) is 0 Å². The maximum atomic E-state index is 12.6. The highest BCUT2D eigenvalue weighted by molar-refractivity contribution is 7.20. The lowest BCUT2D eigenvalue weighted by Gasteiger charge is -1.98. The second kappa shape index (κ2) is 4.54. The predicted octanol–water partition coefficient (Wildman–Crippen LogP) is 4.35. The minimum atomic E-state index is -0.0259. The Labute approximate surface area is 134 Å². The molecule has 3 aromatic heterocycles. The molecule has 0 N–H and O–H groups in total. The summed E-state index contributed by atoms with van der Waals surface area (Å²) in [5.74, 6) is 0. The Morgan fingerprint density at radius 2 is 1.83 bits per heavy atom. The molecule has 5 aromatic rings. The fourth-order valence-electron chi connectivity index (χ4n) is 2.83. The van der Waals surface area contributed by atoms with Gasteiger partial charge in [0.1, 0.15) is 10.3 Å². The second-order valence-corrected chi connectivity index (χ2v) is 6.28. The van der Waals surface area contributed by atoms with Gasteiger partial charge in [-0.2, -0.15) is 4.98 Å². The van der Waals surface area contributed by atoms with Crippen LogP contribution in [0, 0.1) is 0 Å². The predicted molar refractivity (Wildman–Crippen MR) is 92.5 cm³/mol. The van der Waals surface area contributed by atoms with E-state index in [4.69, 9.17) is 4.42 Å². The van der Waals surface area contributed by atoms with Crippen LogP contribution in [-0.4, -0.2) is 9.55 Å². The van der Waals surface area contributed by atoms with E-state index in [1.165, 1.54) is 11.3 Å². The second-order valence-electron chi connectivity index (χ2n) is 5.30. The number of rotatable bonds is 1. The molecule has 0 spiro atoms. The van der Waals surface area contributed by atoms with Gasteiger partial charge in [0.25, 0.3) is 0 Å². The molecule has 0 atom stereocenters. The molecule has 110 valence electrons. The van der Waals surface area contributed by atoms with Crippen molar-refractivity contribution in [3.8, 4) is 5.13 Å². The summed E-state index contributed by atoms with van der Waals surface area (Å²) in [6.07, 6.45) is 1.96. The number of thiazole rings is 1. The first-order valence-electron chi connectivity index (χ1n) is 7.20. The van der Waals surface area contributed by atoms with Crippen LogP contribution >= 0.6 is 11.3 Å². The summed E-state index contributed by atoms with van der Waals surface area (Å²) in [4.78, 5) is 17.2. The number of aromatic nitrogens is 2. The van der Waals surface area contributed by atoms with Crippen LogP contribution in [0.3, 0.4) is 0 Å². The molecule has 0 bridgehead atoms. The van der Waals surface area contributed by atoms with Gasteiger partial charge >= 0.3 is 0 Å². The summed E-state index contributed by atoms with van der Waals surface area (Å²) in [6, 6.07) is 17.4. The molecule has 0 radical (unpaired) electrons. The molecule has 3 heterocycles. The zero-order chi connectivity index (χ0) is 15.4. The van der Waals surface area contributed by atoms with Crippen LogP contribution in [0.4, 0.5) is 0 Å². The highest BCUT2D eigenvalue weighted by Crippen LogP contribution is 2.28. The molecule has 5 rings (SSSR count). The van der Waals surface area contributed by atoms with Gasteiger partial charge < -0.3 is 4.42 Å². The van der Waals surface area contributed by atoms with Crippen molar-refractivity contribution in [1.29, 1.82) is 0 Å². The van der Waals surface area contributed by atoms with Crippen molar-refractivity contribution >= 4 is 43.6 Å². The quantitative estimate of drug-likeness (QED) is 0.462. The van der Waals surface area contributed by atoms with Crippen LogP contribution in [0.5, 0.6) is 0 Å². The van der Waals surface area contributed by atoms with Crippen molar-refractivity contribution in [3.05, 3.63) is 71.0 Å². The van der Waals surface area contributed by atoms with Crippen molar-refractivity contribution in [2.24, 2.45) is 0 Å². The molecule has 0 amide bonds. The Kier molecular flexibility index (Phi) is 2.49. The normalized spacial score (nSPS) is 11.7. The van der Waals surface area contributed by atoms with E-state index in [-0.39, 0.29) is 5.43 Å². The molecule has 0 aliphatic carbocycles. The van der Waals surface area contributed by atoms with Crippen LogP contribution in [-0.2, 0) is 0 Å². The van der Waals surface area contributed by atoms with E-state index < -0.39 is 0 Å². The van der Waals surface area contributed by atoms with E-state index in [9.17, 15) is 4.79 Å². The van der Waals surface area contributed by atoms with Crippen molar-refractivity contribution in [2.75, 3.05) is 0 Å². The Hall–Kier alpha value is -2.92. The topological polar surface area (TPSA) is 48.0 Å². The average molecular weight is 318 g/mol. The van der Waals surface area contributed by atoms with Crippen LogP contribution < -0.4 is 5.43 Å². The van der Waals surface area contributed by atoms with Gasteiger partial charge in [0.05, 0.1) is 10.9 Å². The van der Waals surface area contributed by atoms with Gasteiger partial charge in [0.15, 0.2) is 5.13 Å². The first-order valence-corrected chi connectivity index (χ1v) is 8.02. The lowest BCUT2D eigenvalue weighted by atomic mass is 10.2. The Balaban J connectivity index is 1.85. The molecule has 0 saturated heterocycles. The number of nitrogens with zero attached hydrogens (tertiary/aromatic N) is 2. The summed E-state index contributed by atoms with van der Waals surface area (Å²) < 4.78 is 8.34. The Bertz CT molecular complexity index is 1250. The number of para-hydroxylation sites is 2. The van der Waals surface area contributed by atoms with E-state index in [1.54, 1.807) is 12.1 Å². The largest absolute Gasteiger partial charge is 0.437 e. The van der Waals surface area contributed by atoms with Gasteiger partial charge in [0, 0.05) is 11.6 Å². The van der Waals surface area contributed by atoms with Crippen molar-refractivity contribution < 1.29 is 4.42 Å². The number of fused-ring (bicyclic) bond motifs is 3. The summed E-state index contributed by atoms with van der Waals surface area (Å²) >= 11 is 1.36. The first kappa shape index (κ1) is 12.6. The molecule has 4 nitrogen and oxygen atoms in total. The molecule has 23 heavy (non-hydrogen) atoms. The van der Waals surface area contributed by atoms with Crippen LogP contribution in [0.2, 0.25) is 0 Å². The van der Waals surface area contributed by atoms with Crippen LogP contribution in [0.1, 0.15) is 0 Å². The first-order chi connectivity index (χ1) is 11.3. The fourth-order valence-corrected chi connectivity index (χ4v) is 3.78. The summed E-state index contributed by atoms with van der Waals surface area (Å²) in [6.45, 7) is 0. The van der Waals surface area contributed by atoms with Crippen molar-refractivity contribution in [3.63, 3.8) is 0 Å². The molecule has 0 aliphatic heterocycles. The van der Waals surface area contributed by atoms with Crippen LogP contribution in [0.15, 0.2) is 70.0 Å². The minimum absolute atomic E-state index is 0.0259. The third-order valence-electron chi connectivity index (χ3n) is 3.93. The number of hydrogen-bond acceptors (Lipinski definition) is 4. The maximum absolute atomic E-state index is 12.6. The van der Waals surface area contributed by atoms with E-state index in [0.717, 1.165) is 16.0 Å². The summed E-state index contributed by atoms with van der Waals surface area (Å²) in [5, 5.41) is 2.46. The standard InChI is InChI=1S/C18H10N2O2S/c21-15-12-6-2-4-8-14(12)22-17-16(15)23-18(19-17)20-10-9-11-5-1-3-7-13(11)20/h1-10H. The highest BCUT2D eigenvalue weighted by atomic mass is 32.1. The lowest BCUT2D eigenvalue weighted by Crippen LogP contribution is -1.99. The Morgan fingerprint density at radius 3 is 2.78 bits per heavy atom. The molecule has 0 fully saturated rings. The van der Waals surface area contributed by atoms with Crippen molar-refractivity contribution in [1.82, 2.24) is 9.55 Å². The van der Waals surface area contributed by atoms with Gasteiger partial charge in [-0.1, -0.05) is 41.7 Å². The molecular formula is C18H10N2O2S. The molecule has 0 unspecified atom stereocenters. The maximum Gasteiger partial charge on any atom is 0.243 e. The van der Waals surface area contributed by atoms with Gasteiger partial charge in [-0.05, 0) is 24.3 Å². The fraction of sp³-hybridized carbons (Fsp3) is 0. The van der Waals surface area contributed by atoms with E-state index in [1.807, 2.05) is 47.2 Å². The highest BCUT2D eigenvalue weighted by Gasteiger charge is 2.14. The minimum Gasteiger partial charge on any atom is -0.437 e. The van der Waals surface area contributed by atoms with Crippen LogP contribution in [0.25, 0.3) is 37.4 Å². The summed E-state index contributed by atoms with van der Waals surface area (Å²) in [7, 11) is 0. The van der Waals surface area contributed by atoms with Gasteiger partial charge in [-0.3, -0.25) is 9.36 Å². The number of benzene rings is 2. The molecule has 5 heteroatoms. The molecule has 2 aromatic carbocycles. The van der Waals surface area contributed by atoms with Gasteiger partial charge in [0.2, 0.25) is 11.1 Å². The zero-order valence-corrected chi connectivity index (χ0v) is 12.7. The van der Waals surface area contributed by atoms with E-state index in [0.29, 0.717) is 21.4 Å². The SMILES string of the molecule is O=c1c2ccccc2oc2nc(-n3ccc4ccccc43)sc12. The zero-order valence-electron chi connectivity index (χ0n) is 11.9. The lowest BCUT2D eigenvalue weighted by molar-refractivity contribution is 0.646. The monoisotopic (exact) mass is 318 g/mol. The van der Waals surface area contributed by atoms with E-state index >= 15 is 0 Å². The molecule has 0 saturated carbocycles. The third-order valence-corrected chi connectivity index (χ3v) is 4.97. The van der Waals surface area contributed by atoms with Gasteiger partial charge in [-0.25, -0.2) is 0 Å². The average Bonchev–Trinajstić information content (AvgIpc) is 3.19. The Morgan fingerprint density at radius 1 is 1.00 bits per heavy atom. The van der Waals surface area contributed by atoms with Gasteiger partial charge in [-0.15, -0.1) is 0 Å². The third kappa shape index (κ3) is 1.77. The van der Waals surface area contributed by atoms with E-state index in [2.05, 4.69) is 11.1 Å². The molecular weight excluding hydrogens is 308 g/mol.